The lowest BCUT2D eigenvalue weighted by molar-refractivity contribution is -0.139. The maximum atomic E-state index is 10.3. The lowest BCUT2D eigenvalue weighted by atomic mass is 9.88. The molecular formula is C13H18O3. The summed E-state index contributed by atoms with van der Waals surface area (Å²) in [5, 5.41) is 8.46. The summed E-state index contributed by atoms with van der Waals surface area (Å²) in [6.07, 6.45) is 0.992. The first-order chi connectivity index (χ1) is 7.37. The summed E-state index contributed by atoms with van der Waals surface area (Å²) in [6, 6.07) is 7.57. The zero-order valence-electron chi connectivity index (χ0n) is 9.99. The monoisotopic (exact) mass is 222 g/mol. The lowest BCUT2D eigenvalue weighted by Gasteiger charge is -2.18. The summed E-state index contributed by atoms with van der Waals surface area (Å²) in [5.74, 6) is -0.362. The molecule has 0 amide bonds. The minimum absolute atomic E-state index is 0.253. The van der Waals surface area contributed by atoms with Crippen LogP contribution in [0, 0.1) is 5.41 Å². The minimum atomic E-state index is -0.959. The first kappa shape index (κ1) is 12.6. The van der Waals surface area contributed by atoms with Crippen LogP contribution >= 0.6 is 0 Å². The summed E-state index contributed by atoms with van der Waals surface area (Å²) in [6.45, 7) is 6.25. The summed E-state index contributed by atoms with van der Waals surface area (Å²) in [5.41, 5.74) is 1.49. The molecule has 3 nitrogen and oxygen atoms in total. The van der Waals surface area contributed by atoms with Gasteiger partial charge in [0.25, 0.3) is 0 Å². The topological polar surface area (TPSA) is 46.5 Å². The molecular weight excluding hydrogens is 204 g/mol. The van der Waals surface area contributed by atoms with E-state index in [1.807, 2.05) is 24.3 Å². The van der Waals surface area contributed by atoms with Crippen molar-refractivity contribution in [3.63, 3.8) is 0 Å². The molecule has 0 aliphatic carbocycles. The normalized spacial score (nSPS) is 11.2. The van der Waals surface area contributed by atoms with E-state index in [4.69, 9.17) is 9.84 Å². The van der Waals surface area contributed by atoms with Gasteiger partial charge < -0.3 is 9.84 Å². The van der Waals surface area contributed by atoms with Crippen LogP contribution in [-0.2, 0) is 11.2 Å². The highest BCUT2D eigenvalue weighted by atomic mass is 16.5. The smallest absolute Gasteiger partial charge is 0.341 e. The molecule has 0 unspecified atom stereocenters. The van der Waals surface area contributed by atoms with Crippen LogP contribution in [0.5, 0.6) is 5.75 Å². The molecule has 88 valence electrons. The number of rotatable bonds is 4. The highest BCUT2D eigenvalue weighted by Crippen LogP contribution is 2.22. The molecule has 1 aromatic carbocycles. The van der Waals surface area contributed by atoms with Gasteiger partial charge in [0.15, 0.2) is 6.61 Å². The van der Waals surface area contributed by atoms with Crippen LogP contribution in [0.4, 0.5) is 0 Å². The molecule has 0 heterocycles. The molecule has 1 aromatic rings. The van der Waals surface area contributed by atoms with Crippen LogP contribution in [0.2, 0.25) is 0 Å². The van der Waals surface area contributed by atoms with Gasteiger partial charge >= 0.3 is 5.97 Å². The standard InChI is InChI=1S/C13H18O3/c1-13(2,3)8-10-4-6-11(7-5-10)16-9-12(14)15/h4-7H,8-9H2,1-3H3,(H,14,15). The molecule has 0 aliphatic rings. The Morgan fingerprint density at radius 1 is 1.25 bits per heavy atom. The van der Waals surface area contributed by atoms with Gasteiger partial charge in [0, 0.05) is 0 Å². The van der Waals surface area contributed by atoms with Crippen LogP contribution < -0.4 is 4.74 Å². The van der Waals surface area contributed by atoms with Crippen molar-refractivity contribution in [2.45, 2.75) is 27.2 Å². The Labute approximate surface area is 96.1 Å². The van der Waals surface area contributed by atoms with Crippen molar-refractivity contribution in [2.75, 3.05) is 6.61 Å². The minimum Gasteiger partial charge on any atom is -0.482 e. The van der Waals surface area contributed by atoms with Crippen molar-refractivity contribution >= 4 is 5.97 Å². The first-order valence-electron chi connectivity index (χ1n) is 5.30. The van der Waals surface area contributed by atoms with Gasteiger partial charge in [-0.05, 0) is 29.5 Å². The lowest BCUT2D eigenvalue weighted by Crippen LogP contribution is -2.10. The van der Waals surface area contributed by atoms with E-state index in [9.17, 15) is 4.79 Å². The van der Waals surface area contributed by atoms with Gasteiger partial charge in [-0.1, -0.05) is 32.9 Å². The van der Waals surface area contributed by atoms with Gasteiger partial charge in [0.1, 0.15) is 5.75 Å². The van der Waals surface area contributed by atoms with Crippen LogP contribution in [0.25, 0.3) is 0 Å². The van der Waals surface area contributed by atoms with Crippen molar-refractivity contribution in [3.05, 3.63) is 29.8 Å². The predicted molar refractivity (Wildman–Crippen MR) is 62.7 cm³/mol. The fourth-order valence-electron chi connectivity index (χ4n) is 1.46. The van der Waals surface area contributed by atoms with E-state index in [0.717, 1.165) is 6.42 Å². The number of benzene rings is 1. The Morgan fingerprint density at radius 3 is 2.25 bits per heavy atom. The van der Waals surface area contributed by atoms with E-state index >= 15 is 0 Å². The molecule has 0 fully saturated rings. The quantitative estimate of drug-likeness (QED) is 0.852. The highest BCUT2D eigenvalue weighted by Gasteiger charge is 2.11. The number of carboxylic acid groups (broad SMARTS) is 1. The van der Waals surface area contributed by atoms with Crippen molar-refractivity contribution in [1.29, 1.82) is 0 Å². The molecule has 1 rings (SSSR count). The molecule has 0 aliphatic heterocycles. The molecule has 3 heteroatoms. The Balaban J connectivity index is 2.57. The zero-order chi connectivity index (χ0) is 12.2. The van der Waals surface area contributed by atoms with Gasteiger partial charge in [-0.3, -0.25) is 0 Å². The van der Waals surface area contributed by atoms with Gasteiger partial charge in [-0.2, -0.15) is 0 Å². The third kappa shape index (κ3) is 4.82. The van der Waals surface area contributed by atoms with Crippen LogP contribution in [0.3, 0.4) is 0 Å². The van der Waals surface area contributed by atoms with Gasteiger partial charge in [-0.25, -0.2) is 4.79 Å². The van der Waals surface area contributed by atoms with E-state index in [1.165, 1.54) is 5.56 Å². The van der Waals surface area contributed by atoms with E-state index in [-0.39, 0.29) is 12.0 Å². The summed E-state index contributed by atoms with van der Waals surface area (Å²) < 4.78 is 5.05. The van der Waals surface area contributed by atoms with Gasteiger partial charge in [0.2, 0.25) is 0 Å². The molecule has 0 bridgehead atoms. The number of hydrogen-bond acceptors (Lipinski definition) is 2. The third-order valence-electron chi connectivity index (χ3n) is 2.02. The predicted octanol–water partition coefficient (Wildman–Crippen LogP) is 2.74. The molecule has 1 N–H and O–H groups in total. The average Bonchev–Trinajstić information content (AvgIpc) is 2.14. The third-order valence-corrected chi connectivity index (χ3v) is 2.02. The second kappa shape index (κ2) is 5.01. The van der Waals surface area contributed by atoms with Crippen LogP contribution in [0.1, 0.15) is 26.3 Å². The number of hydrogen-bond donors (Lipinski definition) is 1. The molecule has 0 spiro atoms. The second-order valence-electron chi connectivity index (χ2n) is 5.06. The van der Waals surface area contributed by atoms with Crippen molar-refractivity contribution in [1.82, 2.24) is 0 Å². The molecule has 0 radical (unpaired) electrons. The fraction of sp³-hybridized carbons (Fsp3) is 0.462. The van der Waals surface area contributed by atoms with Gasteiger partial charge in [0.05, 0.1) is 0 Å². The molecule has 0 atom stereocenters. The molecule has 0 aromatic heterocycles. The zero-order valence-corrected chi connectivity index (χ0v) is 9.99. The molecule has 16 heavy (non-hydrogen) atoms. The van der Waals surface area contributed by atoms with E-state index in [1.54, 1.807) is 0 Å². The first-order valence-corrected chi connectivity index (χ1v) is 5.30. The maximum Gasteiger partial charge on any atom is 0.341 e. The summed E-state index contributed by atoms with van der Waals surface area (Å²) >= 11 is 0. The Kier molecular flexibility index (Phi) is 3.93. The Bertz CT molecular complexity index is 346. The van der Waals surface area contributed by atoms with E-state index < -0.39 is 5.97 Å². The second-order valence-corrected chi connectivity index (χ2v) is 5.06. The highest BCUT2D eigenvalue weighted by molar-refractivity contribution is 5.68. The Hall–Kier alpha value is -1.51. The fourth-order valence-corrected chi connectivity index (χ4v) is 1.46. The number of carboxylic acids is 1. The molecule has 0 saturated carbocycles. The van der Waals surface area contributed by atoms with Crippen LogP contribution in [-0.4, -0.2) is 17.7 Å². The largest absolute Gasteiger partial charge is 0.482 e. The molecule has 0 saturated heterocycles. The summed E-state index contributed by atoms with van der Waals surface area (Å²) in [7, 11) is 0. The maximum absolute atomic E-state index is 10.3. The number of ether oxygens (including phenoxy) is 1. The average molecular weight is 222 g/mol. The van der Waals surface area contributed by atoms with Crippen molar-refractivity contribution in [2.24, 2.45) is 5.41 Å². The van der Waals surface area contributed by atoms with Crippen LogP contribution in [0.15, 0.2) is 24.3 Å². The van der Waals surface area contributed by atoms with Crippen molar-refractivity contribution < 1.29 is 14.6 Å². The van der Waals surface area contributed by atoms with Crippen molar-refractivity contribution in [3.8, 4) is 5.75 Å². The SMILES string of the molecule is CC(C)(C)Cc1ccc(OCC(=O)O)cc1. The summed E-state index contributed by atoms with van der Waals surface area (Å²) in [4.78, 5) is 10.3. The van der Waals surface area contributed by atoms with E-state index in [0.29, 0.717) is 5.75 Å². The number of aliphatic carboxylic acids is 1. The number of carbonyl (C=O) groups is 1. The Morgan fingerprint density at radius 2 is 1.81 bits per heavy atom. The van der Waals surface area contributed by atoms with E-state index in [2.05, 4.69) is 20.8 Å². The van der Waals surface area contributed by atoms with Gasteiger partial charge in [-0.15, -0.1) is 0 Å².